The Hall–Kier alpha value is -1.90. The first-order valence-electron chi connectivity index (χ1n) is 9.02. The van der Waals surface area contributed by atoms with E-state index in [1.165, 1.54) is 12.1 Å². The zero-order chi connectivity index (χ0) is 20.9. The molecule has 0 aliphatic heterocycles. The highest BCUT2D eigenvalue weighted by molar-refractivity contribution is 9.10. The van der Waals surface area contributed by atoms with Gasteiger partial charge in [-0.15, -0.1) is 0 Å². The molecule has 2 aromatic rings. The van der Waals surface area contributed by atoms with Crippen LogP contribution in [0, 0.1) is 0 Å². The lowest BCUT2D eigenvalue weighted by atomic mass is 10.1. The second kappa shape index (κ2) is 9.54. The van der Waals surface area contributed by atoms with Crippen LogP contribution in [0.2, 0.25) is 0 Å². The summed E-state index contributed by atoms with van der Waals surface area (Å²) in [6.45, 7) is 7.48. The molecule has 0 spiro atoms. The summed E-state index contributed by atoms with van der Waals surface area (Å²) in [5, 5.41) is 2.77. The average Bonchev–Trinajstić information content (AvgIpc) is 2.62. The second-order valence-electron chi connectivity index (χ2n) is 6.72. The van der Waals surface area contributed by atoms with E-state index in [1.54, 1.807) is 37.3 Å². The van der Waals surface area contributed by atoms with E-state index >= 15 is 0 Å². The summed E-state index contributed by atoms with van der Waals surface area (Å²) in [6, 6.07) is 11.1. The molecule has 28 heavy (non-hydrogen) atoms. The van der Waals surface area contributed by atoms with Crippen LogP contribution in [0.5, 0.6) is 5.75 Å². The van der Waals surface area contributed by atoms with Crippen molar-refractivity contribution in [1.82, 2.24) is 4.72 Å². The number of anilines is 1. The van der Waals surface area contributed by atoms with Gasteiger partial charge in [-0.1, -0.05) is 22.9 Å². The van der Waals surface area contributed by atoms with Crippen molar-refractivity contribution in [2.24, 2.45) is 0 Å². The van der Waals surface area contributed by atoms with Gasteiger partial charge in [-0.25, -0.2) is 13.1 Å². The first kappa shape index (κ1) is 22.4. The zero-order valence-electron chi connectivity index (χ0n) is 16.3. The Labute approximate surface area is 174 Å². The van der Waals surface area contributed by atoms with Crippen LogP contribution >= 0.6 is 15.9 Å². The minimum Gasteiger partial charge on any atom is -0.490 e. The SMILES string of the molecule is CCC(C)NS(=O)(=O)c1ccc(NC(=O)c2cc(Br)ccc2OC(C)C)cc1. The van der Waals surface area contributed by atoms with Crippen LogP contribution in [0.15, 0.2) is 51.8 Å². The van der Waals surface area contributed by atoms with Crippen molar-refractivity contribution >= 4 is 37.5 Å². The number of benzene rings is 2. The van der Waals surface area contributed by atoms with Gasteiger partial charge in [-0.3, -0.25) is 4.79 Å². The van der Waals surface area contributed by atoms with E-state index in [9.17, 15) is 13.2 Å². The highest BCUT2D eigenvalue weighted by atomic mass is 79.9. The summed E-state index contributed by atoms with van der Waals surface area (Å²) >= 11 is 3.36. The molecule has 1 unspecified atom stereocenters. The largest absolute Gasteiger partial charge is 0.490 e. The number of carbonyl (C=O) groups is 1. The van der Waals surface area contributed by atoms with Crippen LogP contribution in [0.25, 0.3) is 0 Å². The number of rotatable bonds is 8. The van der Waals surface area contributed by atoms with Gasteiger partial charge in [0.15, 0.2) is 0 Å². The van der Waals surface area contributed by atoms with Crippen LogP contribution in [0.1, 0.15) is 44.5 Å². The van der Waals surface area contributed by atoms with Crippen LogP contribution in [-0.4, -0.2) is 26.5 Å². The minimum absolute atomic E-state index is 0.0739. The first-order chi connectivity index (χ1) is 13.1. The summed E-state index contributed by atoms with van der Waals surface area (Å²) in [7, 11) is -3.58. The third-order valence-corrected chi connectivity index (χ3v) is 6.04. The number of amides is 1. The zero-order valence-corrected chi connectivity index (χ0v) is 18.7. The predicted molar refractivity (Wildman–Crippen MR) is 114 cm³/mol. The molecule has 0 fully saturated rings. The molecular weight excluding hydrogens is 444 g/mol. The number of carbonyl (C=O) groups excluding carboxylic acids is 1. The molecule has 0 bridgehead atoms. The Morgan fingerprint density at radius 1 is 1.11 bits per heavy atom. The van der Waals surface area contributed by atoms with Gasteiger partial charge in [-0.2, -0.15) is 0 Å². The molecule has 0 radical (unpaired) electrons. The molecule has 0 aliphatic carbocycles. The number of hydrogen-bond donors (Lipinski definition) is 2. The van der Waals surface area contributed by atoms with Crippen molar-refractivity contribution in [3.63, 3.8) is 0 Å². The summed E-state index contributed by atoms with van der Waals surface area (Å²) in [5.74, 6) is 0.137. The van der Waals surface area contributed by atoms with Gasteiger partial charge in [0.2, 0.25) is 10.0 Å². The minimum atomic E-state index is -3.58. The summed E-state index contributed by atoms with van der Waals surface area (Å²) in [4.78, 5) is 12.8. The van der Waals surface area contributed by atoms with Gasteiger partial charge in [0, 0.05) is 16.2 Å². The number of halogens is 1. The maximum atomic E-state index is 12.7. The molecule has 152 valence electrons. The van der Waals surface area contributed by atoms with Gasteiger partial charge >= 0.3 is 0 Å². The maximum absolute atomic E-state index is 12.7. The summed E-state index contributed by atoms with van der Waals surface area (Å²) in [5.41, 5.74) is 0.876. The van der Waals surface area contributed by atoms with Crippen molar-refractivity contribution in [1.29, 1.82) is 0 Å². The lowest BCUT2D eigenvalue weighted by Gasteiger charge is -2.15. The van der Waals surface area contributed by atoms with Gasteiger partial charge in [0.25, 0.3) is 5.91 Å². The Bertz CT molecular complexity index is 928. The Morgan fingerprint density at radius 2 is 1.75 bits per heavy atom. The van der Waals surface area contributed by atoms with Crippen molar-refractivity contribution in [2.75, 3.05) is 5.32 Å². The fourth-order valence-electron chi connectivity index (χ4n) is 2.37. The number of ether oxygens (including phenoxy) is 1. The highest BCUT2D eigenvalue weighted by Crippen LogP contribution is 2.25. The van der Waals surface area contributed by atoms with Crippen molar-refractivity contribution in [2.45, 2.75) is 51.2 Å². The monoisotopic (exact) mass is 468 g/mol. The summed E-state index contributed by atoms with van der Waals surface area (Å²) < 4.78 is 33.7. The Kier molecular flexibility index (Phi) is 7.63. The van der Waals surface area contributed by atoms with E-state index in [0.29, 0.717) is 23.4 Å². The molecule has 0 aromatic heterocycles. The highest BCUT2D eigenvalue weighted by Gasteiger charge is 2.18. The summed E-state index contributed by atoms with van der Waals surface area (Å²) in [6.07, 6.45) is 0.621. The second-order valence-corrected chi connectivity index (χ2v) is 9.35. The van der Waals surface area contributed by atoms with Gasteiger partial charge in [0.1, 0.15) is 5.75 Å². The lowest BCUT2D eigenvalue weighted by molar-refractivity contribution is 0.102. The molecular formula is C20H25BrN2O4S. The van der Waals surface area contributed by atoms with Crippen LogP contribution < -0.4 is 14.8 Å². The van der Waals surface area contributed by atoms with E-state index in [4.69, 9.17) is 4.74 Å². The third kappa shape index (κ3) is 6.05. The molecule has 6 nitrogen and oxygen atoms in total. The molecule has 2 rings (SSSR count). The molecule has 0 aliphatic rings. The predicted octanol–water partition coefficient (Wildman–Crippen LogP) is 4.57. The number of sulfonamides is 1. The molecule has 0 saturated heterocycles. The average molecular weight is 469 g/mol. The van der Waals surface area contributed by atoms with E-state index in [-0.39, 0.29) is 22.9 Å². The first-order valence-corrected chi connectivity index (χ1v) is 11.3. The molecule has 8 heteroatoms. The van der Waals surface area contributed by atoms with E-state index in [2.05, 4.69) is 26.0 Å². The molecule has 0 heterocycles. The van der Waals surface area contributed by atoms with Crippen molar-refractivity contribution < 1.29 is 17.9 Å². The van der Waals surface area contributed by atoms with E-state index < -0.39 is 10.0 Å². The van der Waals surface area contributed by atoms with E-state index in [0.717, 1.165) is 4.47 Å². The van der Waals surface area contributed by atoms with Crippen LogP contribution in [0.3, 0.4) is 0 Å². The van der Waals surface area contributed by atoms with Crippen molar-refractivity contribution in [3.8, 4) is 5.75 Å². The third-order valence-electron chi connectivity index (χ3n) is 3.94. The van der Waals surface area contributed by atoms with E-state index in [1.807, 2.05) is 20.8 Å². The maximum Gasteiger partial charge on any atom is 0.259 e. The quantitative estimate of drug-likeness (QED) is 0.594. The van der Waals surface area contributed by atoms with Gasteiger partial charge < -0.3 is 10.1 Å². The topological polar surface area (TPSA) is 84.5 Å². The normalized spacial score (nSPS) is 12.6. The molecule has 0 saturated carbocycles. The lowest BCUT2D eigenvalue weighted by Crippen LogP contribution is -2.31. The number of hydrogen-bond acceptors (Lipinski definition) is 4. The molecule has 1 atom stereocenters. The fourth-order valence-corrected chi connectivity index (χ4v) is 4.06. The molecule has 2 N–H and O–H groups in total. The van der Waals surface area contributed by atoms with Gasteiger partial charge in [0.05, 0.1) is 16.6 Å². The smallest absolute Gasteiger partial charge is 0.259 e. The van der Waals surface area contributed by atoms with Crippen molar-refractivity contribution in [3.05, 3.63) is 52.5 Å². The standard InChI is InChI=1S/C20H25BrN2O4S/c1-5-14(4)23-28(25,26)17-9-7-16(8-10-17)22-20(24)18-12-15(21)6-11-19(18)27-13(2)3/h6-14,23H,5H2,1-4H3,(H,22,24). The molecule has 2 aromatic carbocycles. The Morgan fingerprint density at radius 3 is 2.32 bits per heavy atom. The Balaban J connectivity index is 2.19. The van der Waals surface area contributed by atoms with Crippen LogP contribution in [0.4, 0.5) is 5.69 Å². The van der Waals surface area contributed by atoms with Gasteiger partial charge in [-0.05, 0) is 69.7 Å². The fraction of sp³-hybridized carbons (Fsp3) is 0.350. The number of nitrogens with one attached hydrogen (secondary N) is 2. The van der Waals surface area contributed by atoms with Crippen LogP contribution in [-0.2, 0) is 10.0 Å². The molecule has 1 amide bonds.